The third kappa shape index (κ3) is 2.58. The van der Waals surface area contributed by atoms with Crippen LogP contribution in [0.5, 0.6) is 0 Å². The van der Waals surface area contributed by atoms with E-state index in [1.54, 1.807) is 6.07 Å². The molecule has 0 aliphatic rings. The van der Waals surface area contributed by atoms with E-state index in [2.05, 4.69) is 12.1 Å². The first-order valence-electron chi connectivity index (χ1n) is 6.38. The first kappa shape index (κ1) is 11.7. The summed E-state index contributed by atoms with van der Waals surface area (Å²) in [7, 11) is 0. The van der Waals surface area contributed by atoms with Crippen molar-refractivity contribution in [2.75, 3.05) is 0 Å². The molecule has 2 heteroatoms. The third-order valence-corrected chi connectivity index (χ3v) is 3.26. The summed E-state index contributed by atoms with van der Waals surface area (Å²) >= 11 is 0. The largest absolute Gasteiger partial charge is 0.423 e. The quantitative estimate of drug-likeness (QED) is 0.665. The minimum atomic E-state index is -0.276. The molecule has 2 nitrogen and oxygen atoms in total. The van der Waals surface area contributed by atoms with Crippen LogP contribution >= 0.6 is 0 Å². The lowest BCUT2D eigenvalue weighted by Gasteiger charge is -2.05. The molecule has 3 aromatic rings. The summed E-state index contributed by atoms with van der Waals surface area (Å²) in [5, 5.41) is 1.03. The second-order valence-electron chi connectivity index (χ2n) is 4.57. The van der Waals surface area contributed by atoms with E-state index in [0.717, 1.165) is 23.8 Å². The van der Waals surface area contributed by atoms with Crippen molar-refractivity contribution in [2.45, 2.75) is 12.8 Å². The number of para-hydroxylation sites is 1. The van der Waals surface area contributed by atoms with Crippen LogP contribution in [0.1, 0.15) is 11.1 Å². The molecule has 0 fully saturated rings. The molecule has 0 aliphatic heterocycles. The lowest BCUT2D eigenvalue weighted by atomic mass is 10.0. The van der Waals surface area contributed by atoms with Crippen molar-refractivity contribution in [3.8, 4) is 0 Å². The van der Waals surface area contributed by atoms with Crippen LogP contribution in [0.15, 0.2) is 69.9 Å². The summed E-state index contributed by atoms with van der Waals surface area (Å²) in [5.74, 6) is 0. The first-order valence-corrected chi connectivity index (χ1v) is 6.38. The average Bonchev–Trinajstić information content (AvgIpc) is 2.45. The lowest BCUT2D eigenvalue weighted by Crippen LogP contribution is -2.02. The van der Waals surface area contributed by atoms with Gasteiger partial charge >= 0.3 is 5.63 Å². The fourth-order valence-corrected chi connectivity index (χ4v) is 2.31. The summed E-state index contributed by atoms with van der Waals surface area (Å²) in [6, 6.07) is 19.6. The Bertz CT molecular complexity index is 742. The van der Waals surface area contributed by atoms with Gasteiger partial charge in [-0.2, -0.15) is 0 Å². The smallest absolute Gasteiger partial charge is 0.336 e. The van der Waals surface area contributed by atoms with Gasteiger partial charge in [0.05, 0.1) is 0 Å². The second-order valence-corrected chi connectivity index (χ2v) is 4.57. The molecule has 0 saturated heterocycles. The van der Waals surface area contributed by atoms with Crippen LogP contribution in [0.25, 0.3) is 11.0 Å². The minimum Gasteiger partial charge on any atom is -0.423 e. The predicted molar refractivity (Wildman–Crippen MR) is 76.3 cm³/mol. The highest BCUT2D eigenvalue weighted by molar-refractivity contribution is 5.79. The normalized spacial score (nSPS) is 10.7. The standard InChI is InChI=1S/C17H14O2/c18-17-12-14(11-10-13-6-2-1-3-7-13)15-8-4-5-9-16(15)19-17/h1-9,12H,10-11H2. The lowest BCUT2D eigenvalue weighted by molar-refractivity contribution is 0.558. The number of fused-ring (bicyclic) bond motifs is 1. The molecule has 0 spiro atoms. The molecular formula is C17H14O2. The number of benzene rings is 2. The van der Waals surface area contributed by atoms with Gasteiger partial charge in [-0.15, -0.1) is 0 Å². The zero-order valence-electron chi connectivity index (χ0n) is 10.5. The number of hydrogen-bond acceptors (Lipinski definition) is 2. The van der Waals surface area contributed by atoms with E-state index in [0.29, 0.717) is 5.58 Å². The Hall–Kier alpha value is -2.35. The second kappa shape index (κ2) is 5.11. The van der Waals surface area contributed by atoms with Crippen molar-refractivity contribution < 1.29 is 4.42 Å². The highest BCUT2D eigenvalue weighted by Gasteiger charge is 2.05. The zero-order valence-corrected chi connectivity index (χ0v) is 10.5. The maximum atomic E-state index is 11.5. The molecule has 0 bridgehead atoms. The van der Waals surface area contributed by atoms with Crippen molar-refractivity contribution in [1.82, 2.24) is 0 Å². The van der Waals surface area contributed by atoms with Gasteiger partial charge in [0, 0.05) is 11.5 Å². The van der Waals surface area contributed by atoms with Crippen molar-refractivity contribution in [3.05, 3.63) is 82.2 Å². The van der Waals surface area contributed by atoms with Crippen molar-refractivity contribution in [1.29, 1.82) is 0 Å². The van der Waals surface area contributed by atoms with Crippen LogP contribution in [0.4, 0.5) is 0 Å². The number of rotatable bonds is 3. The van der Waals surface area contributed by atoms with Gasteiger partial charge in [-0.3, -0.25) is 0 Å². The molecule has 0 saturated carbocycles. The SMILES string of the molecule is O=c1cc(CCc2ccccc2)c2ccccc2o1. The molecule has 2 aromatic carbocycles. The maximum Gasteiger partial charge on any atom is 0.336 e. The van der Waals surface area contributed by atoms with Gasteiger partial charge < -0.3 is 4.42 Å². The molecule has 0 unspecified atom stereocenters. The Labute approximate surface area is 111 Å². The van der Waals surface area contributed by atoms with Crippen molar-refractivity contribution in [3.63, 3.8) is 0 Å². The van der Waals surface area contributed by atoms with Gasteiger partial charge in [0.15, 0.2) is 0 Å². The number of aryl methyl sites for hydroxylation is 2. The maximum absolute atomic E-state index is 11.5. The minimum absolute atomic E-state index is 0.276. The number of hydrogen-bond donors (Lipinski definition) is 0. The van der Waals surface area contributed by atoms with Gasteiger partial charge in [0.25, 0.3) is 0 Å². The molecule has 1 heterocycles. The van der Waals surface area contributed by atoms with Gasteiger partial charge in [-0.25, -0.2) is 4.79 Å². The van der Waals surface area contributed by atoms with Gasteiger partial charge in [-0.1, -0.05) is 48.5 Å². The van der Waals surface area contributed by atoms with Gasteiger partial charge in [-0.05, 0) is 30.0 Å². The summed E-state index contributed by atoms with van der Waals surface area (Å²) in [5.41, 5.74) is 2.72. The van der Waals surface area contributed by atoms with Crippen LogP contribution in [-0.2, 0) is 12.8 Å². The van der Waals surface area contributed by atoms with E-state index in [9.17, 15) is 4.79 Å². The van der Waals surface area contributed by atoms with Crippen LogP contribution in [0.2, 0.25) is 0 Å². The van der Waals surface area contributed by atoms with Crippen LogP contribution in [0, 0.1) is 0 Å². The van der Waals surface area contributed by atoms with Gasteiger partial charge in [0.2, 0.25) is 0 Å². The van der Waals surface area contributed by atoms with Crippen LogP contribution < -0.4 is 5.63 Å². The first-order chi connectivity index (χ1) is 9.33. The monoisotopic (exact) mass is 250 g/mol. The summed E-state index contributed by atoms with van der Waals surface area (Å²) in [6.07, 6.45) is 1.77. The third-order valence-electron chi connectivity index (χ3n) is 3.26. The summed E-state index contributed by atoms with van der Waals surface area (Å²) in [4.78, 5) is 11.5. The Morgan fingerprint density at radius 2 is 1.58 bits per heavy atom. The molecule has 0 N–H and O–H groups in total. The van der Waals surface area contributed by atoms with E-state index in [4.69, 9.17) is 4.42 Å². The zero-order chi connectivity index (χ0) is 13.1. The Morgan fingerprint density at radius 1 is 0.842 bits per heavy atom. The molecule has 0 atom stereocenters. The molecular weight excluding hydrogens is 236 g/mol. The van der Waals surface area contributed by atoms with E-state index in [1.165, 1.54) is 5.56 Å². The Kier molecular flexibility index (Phi) is 3.15. The molecule has 0 amide bonds. The van der Waals surface area contributed by atoms with E-state index < -0.39 is 0 Å². The topological polar surface area (TPSA) is 30.2 Å². The highest BCUT2D eigenvalue weighted by Crippen LogP contribution is 2.18. The van der Waals surface area contributed by atoms with Crippen molar-refractivity contribution >= 4 is 11.0 Å². The molecule has 3 rings (SSSR count). The van der Waals surface area contributed by atoms with Crippen molar-refractivity contribution in [2.24, 2.45) is 0 Å². The fourth-order valence-electron chi connectivity index (χ4n) is 2.31. The fraction of sp³-hybridized carbons (Fsp3) is 0.118. The summed E-state index contributed by atoms with van der Waals surface area (Å²) in [6.45, 7) is 0. The Morgan fingerprint density at radius 3 is 2.42 bits per heavy atom. The average molecular weight is 250 g/mol. The highest BCUT2D eigenvalue weighted by atomic mass is 16.4. The van der Waals surface area contributed by atoms with E-state index in [-0.39, 0.29) is 5.63 Å². The van der Waals surface area contributed by atoms with E-state index in [1.807, 2.05) is 42.5 Å². The summed E-state index contributed by atoms with van der Waals surface area (Å²) < 4.78 is 5.20. The molecule has 0 aliphatic carbocycles. The van der Waals surface area contributed by atoms with E-state index >= 15 is 0 Å². The molecule has 94 valence electrons. The predicted octanol–water partition coefficient (Wildman–Crippen LogP) is 3.58. The van der Waals surface area contributed by atoms with Crippen LogP contribution in [-0.4, -0.2) is 0 Å². The molecule has 0 radical (unpaired) electrons. The Balaban J connectivity index is 1.94. The van der Waals surface area contributed by atoms with Crippen LogP contribution in [0.3, 0.4) is 0 Å². The molecule has 19 heavy (non-hydrogen) atoms. The molecule has 1 aromatic heterocycles. The van der Waals surface area contributed by atoms with Gasteiger partial charge in [0.1, 0.15) is 5.58 Å².